The van der Waals surface area contributed by atoms with Gasteiger partial charge in [-0.15, -0.1) is 24.8 Å². The first kappa shape index (κ1) is 19.2. The molecule has 0 bridgehead atoms. The number of nitrogens with zero attached hydrogens (tertiary/aromatic N) is 1. The lowest BCUT2D eigenvalue weighted by Gasteiger charge is -2.10. The van der Waals surface area contributed by atoms with Crippen molar-refractivity contribution in [1.82, 2.24) is 15.6 Å². The van der Waals surface area contributed by atoms with Gasteiger partial charge in [0.15, 0.2) is 0 Å². The molecule has 8 heteroatoms. The molecule has 0 aliphatic carbocycles. The van der Waals surface area contributed by atoms with Crippen molar-refractivity contribution >= 4 is 42.3 Å². The molecule has 5 nitrogen and oxygen atoms in total. The van der Waals surface area contributed by atoms with E-state index >= 15 is 0 Å². The molecular formula is C12H18Cl3N3O2. The number of hydrogen-bond acceptors (Lipinski definition) is 4. The third kappa shape index (κ3) is 6.13. The first-order valence-corrected chi connectivity index (χ1v) is 6.36. The summed E-state index contributed by atoms with van der Waals surface area (Å²) in [6.45, 7) is 2.58. The van der Waals surface area contributed by atoms with Crippen molar-refractivity contribution < 1.29 is 9.53 Å². The minimum absolute atomic E-state index is 0. The smallest absolute Gasteiger partial charge is 0.224 e. The van der Waals surface area contributed by atoms with Crippen LogP contribution in [-0.4, -0.2) is 37.1 Å². The molecule has 0 saturated carbocycles. The van der Waals surface area contributed by atoms with Crippen LogP contribution in [0.1, 0.15) is 6.42 Å². The van der Waals surface area contributed by atoms with Gasteiger partial charge in [0.2, 0.25) is 11.8 Å². The summed E-state index contributed by atoms with van der Waals surface area (Å²) >= 11 is 5.71. The fourth-order valence-electron chi connectivity index (χ4n) is 1.80. The highest BCUT2D eigenvalue weighted by molar-refractivity contribution is 6.30. The summed E-state index contributed by atoms with van der Waals surface area (Å²) in [5.41, 5.74) is 0. The molecular weight excluding hydrogens is 325 g/mol. The molecule has 0 aromatic carbocycles. The number of halogens is 3. The molecule has 1 unspecified atom stereocenters. The van der Waals surface area contributed by atoms with E-state index in [0.717, 1.165) is 19.5 Å². The second-order valence-corrected chi connectivity index (χ2v) is 4.58. The van der Waals surface area contributed by atoms with Crippen LogP contribution < -0.4 is 15.4 Å². The number of carbonyl (C=O) groups excluding carboxylic acids is 1. The van der Waals surface area contributed by atoms with Crippen LogP contribution in [0.3, 0.4) is 0 Å². The van der Waals surface area contributed by atoms with Gasteiger partial charge < -0.3 is 15.4 Å². The van der Waals surface area contributed by atoms with Gasteiger partial charge in [-0.1, -0.05) is 11.6 Å². The SMILES string of the molecule is Cl.Cl.O=C(NCCOc1ccc(Cl)cn1)C1CCNC1. The molecule has 1 aromatic rings. The third-order valence-corrected chi connectivity index (χ3v) is 3.01. The first-order chi connectivity index (χ1) is 8.75. The highest BCUT2D eigenvalue weighted by Gasteiger charge is 2.21. The van der Waals surface area contributed by atoms with Crippen molar-refractivity contribution in [3.05, 3.63) is 23.4 Å². The maximum Gasteiger partial charge on any atom is 0.224 e. The zero-order valence-corrected chi connectivity index (χ0v) is 13.2. The van der Waals surface area contributed by atoms with Gasteiger partial charge >= 0.3 is 0 Å². The number of carbonyl (C=O) groups is 1. The molecule has 1 aromatic heterocycles. The second-order valence-electron chi connectivity index (χ2n) is 4.14. The number of pyridine rings is 1. The molecule has 0 radical (unpaired) electrons. The van der Waals surface area contributed by atoms with E-state index in [-0.39, 0.29) is 36.6 Å². The number of hydrogen-bond donors (Lipinski definition) is 2. The zero-order chi connectivity index (χ0) is 12.8. The molecule has 1 aliphatic heterocycles. The Morgan fingerprint density at radius 1 is 1.50 bits per heavy atom. The summed E-state index contributed by atoms with van der Waals surface area (Å²) in [4.78, 5) is 15.7. The lowest BCUT2D eigenvalue weighted by molar-refractivity contribution is -0.124. The average Bonchev–Trinajstić information content (AvgIpc) is 2.90. The maximum atomic E-state index is 11.7. The van der Waals surface area contributed by atoms with Crippen LogP contribution in [0.25, 0.3) is 0 Å². The second kappa shape index (κ2) is 10.0. The van der Waals surface area contributed by atoms with Crippen LogP contribution in [0.4, 0.5) is 0 Å². The predicted octanol–water partition coefficient (Wildman–Crippen LogP) is 1.68. The van der Waals surface area contributed by atoms with Gasteiger partial charge in [-0.2, -0.15) is 0 Å². The molecule has 1 atom stereocenters. The van der Waals surface area contributed by atoms with Crippen LogP contribution in [0.2, 0.25) is 5.02 Å². The average molecular weight is 343 g/mol. The molecule has 114 valence electrons. The summed E-state index contributed by atoms with van der Waals surface area (Å²) in [6, 6.07) is 3.41. The van der Waals surface area contributed by atoms with Gasteiger partial charge in [-0.3, -0.25) is 4.79 Å². The molecule has 2 N–H and O–H groups in total. The summed E-state index contributed by atoms with van der Waals surface area (Å²) in [5.74, 6) is 0.697. The van der Waals surface area contributed by atoms with Gasteiger partial charge in [-0.25, -0.2) is 4.98 Å². The Bertz CT molecular complexity index is 397. The molecule has 2 heterocycles. The van der Waals surface area contributed by atoms with E-state index in [1.807, 2.05) is 0 Å². The molecule has 1 aliphatic rings. The molecule has 1 fully saturated rings. The normalized spacial score (nSPS) is 16.8. The Labute approximate surface area is 135 Å². The molecule has 1 amide bonds. The van der Waals surface area contributed by atoms with E-state index in [2.05, 4.69) is 15.6 Å². The number of rotatable bonds is 5. The number of nitrogens with one attached hydrogen (secondary N) is 2. The fraction of sp³-hybridized carbons (Fsp3) is 0.500. The Balaban J connectivity index is 0.00000180. The Hall–Kier alpha value is -0.750. The quantitative estimate of drug-likeness (QED) is 0.799. The predicted molar refractivity (Wildman–Crippen MR) is 83.2 cm³/mol. The fourth-order valence-corrected chi connectivity index (χ4v) is 1.91. The van der Waals surface area contributed by atoms with Crippen molar-refractivity contribution in [2.75, 3.05) is 26.2 Å². The molecule has 2 rings (SSSR count). The lowest BCUT2D eigenvalue weighted by Crippen LogP contribution is -2.34. The minimum atomic E-state index is 0. The van der Waals surface area contributed by atoms with Crippen LogP contribution in [0.15, 0.2) is 18.3 Å². The van der Waals surface area contributed by atoms with Gasteiger partial charge in [-0.05, 0) is 19.0 Å². The third-order valence-electron chi connectivity index (χ3n) is 2.78. The lowest BCUT2D eigenvalue weighted by atomic mass is 10.1. The van der Waals surface area contributed by atoms with E-state index in [1.165, 1.54) is 6.20 Å². The highest BCUT2D eigenvalue weighted by atomic mass is 35.5. The summed E-state index contributed by atoms with van der Waals surface area (Å²) in [6.07, 6.45) is 2.44. The van der Waals surface area contributed by atoms with E-state index in [4.69, 9.17) is 16.3 Å². The Morgan fingerprint density at radius 2 is 2.30 bits per heavy atom. The van der Waals surface area contributed by atoms with Crippen molar-refractivity contribution in [2.24, 2.45) is 5.92 Å². The zero-order valence-electron chi connectivity index (χ0n) is 10.8. The van der Waals surface area contributed by atoms with Crippen LogP contribution in [0.5, 0.6) is 5.88 Å². The van der Waals surface area contributed by atoms with E-state index in [9.17, 15) is 4.79 Å². The number of amides is 1. The highest BCUT2D eigenvalue weighted by Crippen LogP contribution is 2.11. The minimum Gasteiger partial charge on any atom is -0.476 e. The van der Waals surface area contributed by atoms with Crippen molar-refractivity contribution in [1.29, 1.82) is 0 Å². The first-order valence-electron chi connectivity index (χ1n) is 5.98. The number of ether oxygens (including phenoxy) is 1. The van der Waals surface area contributed by atoms with Gasteiger partial charge in [0.1, 0.15) is 6.61 Å². The standard InChI is InChI=1S/C12H16ClN3O2.2ClH/c13-10-1-2-11(16-8-10)18-6-5-15-12(17)9-3-4-14-7-9;;/h1-2,8-9,14H,3-7H2,(H,15,17);2*1H. The Morgan fingerprint density at radius 3 is 2.90 bits per heavy atom. The van der Waals surface area contributed by atoms with E-state index in [0.29, 0.717) is 24.1 Å². The van der Waals surface area contributed by atoms with Crippen LogP contribution in [-0.2, 0) is 4.79 Å². The summed E-state index contributed by atoms with van der Waals surface area (Å²) in [5, 5.41) is 6.58. The Kier molecular flexibility index (Phi) is 9.67. The van der Waals surface area contributed by atoms with E-state index < -0.39 is 0 Å². The van der Waals surface area contributed by atoms with Gasteiger partial charge in [0, 0.05) is 18.8 Å². The molecule has 1 saturated heterocycles. The van der Waals surface area contributed by atoms with Gasteiger partial charge in [0.25, 0.3) is 0 Å². The van der Waals surface area contributed by atoms with E-state index in [1.54, 1.807) is 12.1 Å². The largest absolute Gasteiger partial charge is 0.476 e. The van der Waals surface area contributed by atoms with Gasteiger partial charge in [0.05, 0.1) is 17.5 Å². The van der Waals surface area contributed by atoms with Crippen LogP contribution >= 0.6 is 36.4 Å². The van der Waals surface area contributed by atoms with Crippen molar-refractivity contribution in [3.8, 4) is 5.88 Å². The van der Waals surface area contributed by atoms with Crippen LogP contribution in [0, 0.1) is 5.92 Å². The maximum absolute atomic E-state index is 11.7. The van der Waals surface area contributed by atoms with Crippen molar-refractivity contribution in [2.45, 2.75) is 6.42 Å². The number of aromatic nitrogens is 1. The molecule has 0 spiro atoms. The van der Waals surface area contributed by atoms with Crippen molar-refractivity contribution in [3.63, 3.8) is 0 Å². The monoisotopic (exact) mass is 341 g/mol. The topological polar surface area (TPSA) is 63.2 Å². The molecule has 20 heavy (non-hydrogen) atoms. The summed E-state index contributed by atoms with van der Waals surface area (Å²) < 4.78 is 5.37. The summed E-state index contributed by atoms with van der Waals surface area (Å²) in [7, 11) is 0.